The first-order valence-corrected chi connectivity index (χ1v) is 7.50. The van der Waals surface area contributed by atoms with E-state index in [-0.39, 0.29) is 12.7 Å². The van der Waals surface area contributed by atoms with E-state index in [0.717, 1.165) is 12.0 Å². The Balaban J connectivity index is 1.90. The highest BCUT2D eigenvalue weighted by Crippen LogP contribution is 2.37. The number of hydrogen-bond donors (Lipinski definition) is 3. The third-order valence-electron chi connectivity index (χ3n) is 4.41. The summed E-state index contributed by atoms with van der Waals surface area (Å²) >= 11 is 0. The van der Waals surface area contributed by atoms with Gasteiger partial charge in [-0.25, -0.2) is 0 Å². The molecule has 21 heavy (non-hydrogen) atoms. The zero-order chi connectivity index (χ0) is 14.9. The second-order valence-corrected chi connectivity index (χ2v) is 5.86. The summed E-state index contributed by atoms with van der Waals surface area (Å²) in [6.07, 6.45) is -0.388. The van der Waals surface area contributed by atoms with E-state index >= 15 is 0 Å². The molecule has 0 amide bonds. The van der Waals surface area contributed by atoms with Crippen LogP contribution in [0.1, 0.15) is 24.0 Å². The summed E-state index contributed by atoms with van der Waals surface area (Å²) in [5.74, 6) is -1.22. The molecule has 0 saturated carbocycles. The Hall–Kier alpha value is -0.980. The van der Waals surface area contributed by atoms with Crippen molar-refractivity contribution < 1.29 is 24.8 Å². The van der Waals surface area contributed by atoms with E-state index in [1.165, 1.54) is 5.56 Å². The normalized spacial score (nSPS) is 36.2. The van der Waals surface area contributed by atoms with Crippen molar-refractivity contribution in [2.24, 2.45) is 0 Å². The van der Waals surface area contributed by atoms with Gasteiger partial charge in [0, 0.05) is 19.4 Å². The fourth-order valence-electron chi connectivity index (χ4n) is 3.30. The molecule has 1 fully saturated rings. The molecule has 4 atom stereocenters. The van der Waals surface area contributed by atoms with Crippen LogP contribution >= 0.6 is 0 Å². The number of benzene rings is 1. The van der Waals surface area contributed by atoms with Crippen molar-refractivity contribution >= 4 is 0 Å². The van der Waals surface area contributed by atoms with E-state index in [4.69, 9.17) is 14.6 Å². The van der Waals surface area contributed by atoms with Crippen LogP contribution in [-0.2, 0) is 22.3 Å². The lowest BCUT2D eigenvalue weighted by Crippen LogP contribution is -2.60. The van der Waals surface area contributed by atoms with Crippen molar-refractivity contribution in [1.82, 2.24) is 0 Å². The summed E-state index contributed by atoms with van der Waals surface area (Å²) in [6, 6.07) is 7.99. The first kappa shape index (κ1) is 14.9. The largest absolute Gasteiger partial charge is 0.396 e. The number of aliphatic hydroxyl groups is 3. The van der Waals surface area contributed by atoms with E-state index in [0.29, 0.717) is 25.9 Å². The molecule has 2 heterocycles. The molecule has 5 heteroatoms. The van der Waals surface area contributed by atoms with Crippen LogP contribution in [0.2, 0.25) is 0 Å². The van der Waals surface area contributed by atoms with Gasteiger partial charge in [0.2, 0.25) is 5.79 Å². The zero-order valence-corrected chi connectivity index (χ0v) is 11.9. The molecule has 116 valence electrons. The molecule has 2 aliphatic rings. The molecule has 0 unspecified atom stereocenters. The van der Waals surface area contributed by atoms with Crippen LogP contribution in [0.3, 0.4) is 0 Å². The molecule has 5 nitrogen and oxygen atoms in total. The van der Waals surface area contributed by atoms with Gasteiger partial charge in [0.05, 0.1) is 18.8 Å². The molecule has 3 rings (SSSR count). The van der Waals surface area contributed by atoms with Crippen LogP contribution in [0.25, 0.3) is 0 Å². The average molecular weight is 294 g/mol. The maximum Gasteiger partial charge on any atom is 0.201 e. The van der Waals surface area contributed by atoms with Crippen LogP contribution < -0.4 is 0 Å². The topological polar surface area (TPSA) is 79.2 Å². The summed E-state index contributed by atoms with van der Waals surface area (Å²) in [7, 11) is 0. The van der Waals surface area contributed by atoms with Gasteiger partial charge in [-0.15, -0.1) is 0 Å². The second-order valence-electron chi connectivity index (χ2n) is 5.86. The fourth-order valence-corrected chi connectivity index (χ4v) is 3.30. The fraction of sp³-hybridized carbons (Fsp3) is 0.625. The zero-order valence-electron chi connectivity index (χ0n) is 11.9. The van der Waals surface area contributed by atoms with Gasteiger partial charge in [-0.2, -0.15) is 0 Å². The van der Waals surface area contributed by atoms with Crippen LogP contribution in [0.5, 0.6) is 0 Å². The van der Waals surface area contributed by atoms with Crippen LogP contribution in [0.15, 0.2) is 24.3 Å². The number of ether oxygens (including phenoxy) is 2. The standard InChI is InChI=1S/C16H22O5/c17-7-5-13-9-14(18)15(19)16(21-13)10-12-4-2-1-3-11(12)6-8-20-16/h1-4,13-15,17-19H,5-10H2/t13-,14+,15-,16+/m0/s1. The Morgan fingerprint density at radius 1 is 1.19 bits per heavy atom. The highest BCUT2D eigenvalue weighted by molar-refractivity contribution is 5.30. The number of rotatable bonds is 2. The second kappa shape index (κ2) is 6.02. The summed E-state index contributed by atoms with van der Waals surface area (Å²) in [5.41, 5.74) is 2.26. The first-order chi connectivity index (χ1) is 10.1. The highest BCUT2D eigenvalue weighted by atomic mass is 16.7. The summed E-state index contributed by atoms with van der Waals surface area (Å²) in [5, 5.41) is 29.7. The monoisotopic (exact) mass is 294 g/mol. The molecular weight excluding hydrogens is 272 g/mol. The summed E-state index contributed by atoms with van der Waals surface area (Å²) < 4.78 is 11.8. The van der Waals surface area contributed by atoms with Crippen molar-refractivity contribution in [3.63, 3.8) is 0 Å². The van der Waals surface area contributed by atoms with E-state index in [2.05, 4.69) is 6.07 Å². The Kier molecular flexibility index (Phi) is 4.28. The lowest BCUT2D eigenvalue weighted by molar-refractivity contribution is -0.339. The maximum absolute atomic E-state index is 10.4. The molecule has 0 aliphatic carbocycles. The average Bonchev–Trinajstić information content (AvgIpc) is 2.65. The number of aliphatic hydroxyl groups excluding tert-OH is 3. The van der Waals surface area contributed by atoms with Gasteiger partial charge in [0.25, 0.3) is 0 Å². The Morgan fingerprint density at radius 2 is 1.95 bits per heavy atom. The van der Waals surface area contributed by atoms with E-state index in [9.17, 15) is 10.2 Å². The van der Waals surface area contributed by atoms with E-state index in [1.54, 1.807) is 0 Å². The molecule has 3 N–H and O–H groups in total. The predicted molar refractivity (Wildman–Crippen MR) is 75.7 cm³/mol. The SMILES string of the molecule is OCC[C@H]1C[C@@H](O)[C@H](O)[C@@]2(Cc3ccccc3CCO2)O1. The van der Waals surface area contributed by atoms with Gasteiger partial charge in [-0.1, -0.05) is 24.3 Å². The molecule has 2 aliphatic heterocycles. The molecule has 1 aromatic rings. The van der Waals surface area contributed by atoms with Crippen molar-refractivity contribution in [2.45, 2.75) is 49.8 Å². The third-order valence-corrected chi connectivity index (χ3v) is 4.41. The van der Waals surface area contributed by atoms with Gasteiger partial charge in [-0.3, -0.25) is 0 Å². The molecule has 1 aromatic carbocycles. The van der Waals surface area contributed by atoms with Crippen LogP contribution in [0, 0.1) is 0 Å². The van der Waals surface area contributed by atoms with Gasteiger partial charge in [-0.05, 0) is 24.0 Å². The minimum Gasteiger partial charge on any atom is -0.396 e. The van der Waals surface area contributed by atoms with Crippen LogP contribution in [-0.4, -0.2) is 52.6 Å². The summed E-state index contributed by atoms with van der Waals surface area (Å²) in [4.78, 5) is 0. The van der Waals surface area contributed by atoms with Gasteiger partial charge in [0.1, 0.15) is 6.10 Å². The highest BCUT2D eigenvalue weighted by Gasteiger charge is 2.51. The molecular formula is C16H22O5. The Bertz CT molecular complexity index is 491. The number of hydrogen-bond acceptors (Lipinski definition) is 5. The Morgan fingerprint density at radius 3 is 2.71 bits per heavy atom. The van der Waals surface area contributed by atoms with Crippen LogP contribution in [0.4, 0.5) is 0 Å². The molecule has 0 radical (unpaired) electrons. The van der Waals surface area contributed by atoms with Crippen molar-refractivity contribution in [1.29, 1.82) is 0 Å². The van der Waals surface area contributed by atoms with E-state index in [1.807, 2.05) is 18.2 Å². The molecule has 1 spiro atoms. The summed E-state index contributed by atoms with van der Waals surface area (Å²) in [6.45, 7) is 0.423. The maximum atomic E-state index is 10.4. The van der Waals surface area contributed by atoms with E-state index < -0.39 is 18.0 Å². The molecule has 1 saturated heterocycles. The molecule has 0 aromatic heterocycles. The van der Waals surface area contributed by atoms with Crippen molar-refractivity contribution in [3.8, 4) is 0 Å². The van der Waals surface area contributed by atoms with Crippen molar-refractivity contribution in [3.05, 3.63) is 35.4 Å². The first-order valence-electron chi connectivity index (χ1n) is 7.50. The molecule has 0 bridgehead atoms. The predicted octanol–water partition coefficient (Wildman–Crippen LogP) is 0.391. The lowest BCUT2D eigenvalue weighted by Gasteiger charge is -2.46. The van der Waals surface area contributed by atoms with Crippen molar-refractivity contribution in [2.75, 3.05) is 13.2 Å². The quantitative estimate of drug-likeness (QED) is 0.735. The lowest BCUT2D eigenvalue weighted by atomic mass is 9.88. The van der Waals surface area contributed by atoms with Gasteiger partial charge < -0.3 is 24.8 Å². The Labute approximate surface area is 124 Å². The number of fused-ring (bicyclic) bond motifs is 1. The third kappa shape index (κ3) is 2.84. The minimum absolute atomic E-state index is 0.0137. The smallest absolute Gasteiger partial charge is 0.201 e. The van der Waals surface area contributed by atoms with Gasteiger partial charge in [0.15, 0.2) is 0 Å². The van der Waals surface area contributed by atoms with Gasteiger partial charge >= 0.3 is 0 Å². The minimum atomic E-state index is -1.22.